The summed E-state index contributed by atoms with van der Waals surface area (Å²) in [6.45, 7) is 20.9. The number of hydrogen-bond donors (Lipinski definition) is 4. The van der Waals surface area contributed by atoms with E-state index in [-0.39, 0.29) is 99.8 Å². The van der Waals surface area contributed by atoms with Gasteiger partial charge in [-0.25, -0.2) is 4.39 Å². The van der Waals surface area contributed by atoms with Crippen molar-refractivity contribution in [3.8, 4) is 0 Å². The number of ketones is 2. The summed E-state index contributed by atoms with van der Waals surface area (Å²) in [7, 11) is 0. The Morgan fingerprint density at radius 1 is 0.875 bits per heavy atom. The van der Waals surface area contributed by atoms with Gasteiger partial charge >= 0.3 is 41.5 Å². The van der Waals surface area contributed by atoms with Crippen LogP contribution in [-0.2, 0) is 33.4 Å². The molecular formula is C58H84FNaO12. The Labute approximate surface area is 449 Å². The van der Waals surface area contributed by atoms with E-state index < -0.39 is 82.5 Å². The van der Waals surface area contributed by atoms with Crippen LogP contribution in [0.25, 0.3) is 0 Å². The maximum absolute atomic E-state index is 17.3. The largest absolute Gasteiger partial charge is 1.00 e. The van der Waals surface area contributed by atoms with Gasteiger partial charge in [-0.3, -0.25) is 19.2 Å². The van der Waals surface area contributed by atoms with Crippen molar-refractivity contribution in [1.29, 1.82) is 0 Å². The number of aliphatic carboxylic acids is 1. The zero-order chi connectivity index (χ0) is 52.6. The molecule has 396 valence electrons. The van der Waals surface area contributed by atoms with Gasteiger partial charge in [0.25, 0.3) is 0 Å². The van der Waals surface area contributed by atoms with Gasteiger partial charge in [0.2, 0.25) is 5.78 Å². The maximum Gasteiger partial charge on any atom is 1.00 e. The number of carbonyl (C=O) groups is 5. The van der Waals surface area contributed by atoms with Gasteiger partial charge in [-0.05, 0) is 173 Å². The molecule has 4 N–H and O–H groups in total. The minimum absolute atomic E-state index is 0. The number of ether oxygens (including phenoxy) is 2. The number of carboxylic acid groups (broad SMARTS) is 1. The van der Waals surface area contributed by atoms with Crippen LogP contribution in [-0.4, -0.2) is 92.2 Å². The summed E-state index contributed by atoms with van der Waals surface area (Å²) in [5.41, 5.74) is -3.79. The number of carboxylic acids is 1. The molecule has 7 saturated carbocycles. The molecule has 0 saturated heterocycles. The molecule has 0 spiro atoms. The molecule has 0 radical (unpaired) electrons. The first-order chi connectivity index (χ1) is 33.1. The van der Waals surface area contributed by atoms with Gasteiger partial charge in [-0.15, -0.1) is 0 Å². The second-order valence-corrected chi connectivity index (χ2v) is 24.9. The van der Waals surface area contributed by atoms with Crippen molar-refractivity contribution in [2.45, 2.75) is 208 Å². The van der Waals surface area contributed by atoms with Crippen LogP contribution in [0.5, 0.6) is 0 Å². The third-order valence-electron chi connectivity index (χ3n) is 21.3. The van der Waals surface area contributed by atoms with E-state index >= 15 is 4.39 Å². The minimum atomic E-state index is -2.03. The number of aliphatic hydroxyl groups excluding tert-OH is 4. The van der Waals surface area contributed by atoms with Crippen LogP contribution in [0.2, 0.25) is 0 Å². The molecule has 8 aliphatic carbocycles. The summed E-state index contributed by atoms with van der Waals surface area (Å²) in [5.74, 6) is -3.88. The van der Waals surface area contributed by atoms with E-state index in [9.17, 15) is 49.5 Å². The number of Topliss-reactive ketones (excluding diaryl/α,β-unsaturated/α-hetero) is 1. The summed E-state index contributed by atoms with van der Waals surface area (Å²) in [6.07, 6.45) is 11.8. The molecule has 0 aromatic heterocycles. The number of esters is 2. The Bertz CT molecular complexity index is 2270. The summed E-state index contributed by atoms with van der Waals surface area (Å²) in [5, 5.41) is 56.4. The smallest absolute Gasteiger partial charge is 0.545 e. The van der Waals surface area contributed by atoms with E-state index in [1.165, 1.54) is 19.1 Å². The van der Waals surface area contributed by atoms with Gasteiger partial charge in [0.05, 0.1) is 24.3 Å². The molecule has 0 aliphatic heterocycles. The van der Waals surface area contributed by atoms with Gasteiger partial charge in [0.1, 0.15) is 12.7 Å². The fourth-order valence-electron chi connectivity index (χ4n) is 17.8. The molecule has 12 nitrogen and oxygen atoms in total. The van der Waals surface area contributed by atoms with E-state index in [1.54, 1.807) is 13.0 Å². The third kappa shape index (κ3) is 8.96. The quantitative estimate of drug-likeness (QED) is 0.0937. The van der Waals surface area contributed by atoms with Crippen molar-refractivity contribution in [3.05, 3.63) is 46.6 Å². The zero-order valence-electron chi connectivity index (χ0n) is 45.4. The summed E-state index contributed by atoms with van der Waals surface area (Å²) in [6, 6.07) is 0. The number of hydrogen-bond acceptors (Lipinski definition) is 12. The summed E-state index contributed by atoms with van der Waals surface area (Å²) in [4.78, 5) is 62.8. The Morgan fingerprint density at radius 3 is 2.17 bits per heavy atom. The number of aliphatic hydroxyl groups is 4. The number of alkyl halides is 1. The van der Waals surface area contributed by atoms with Crippen molar-refractivity contribution in [2.24, 2.45) is 68.5 Å². The predicted octanol–water partition coefficient (Wildman–Crippen LogP) is 4.97. The maximum atomic E-state index is 17.3. The van der Waals surface area contributed by atoms with E-state index in [0.29, 0.717) is 68.4 Å². The molecule has 8 aliphatic rings. The van der Waals surface area contributed by atoms with Gasteiger partial charge in [-0.2, -0.15) is 0 Å². The molecule has 0 aromatic rings. The Kier molecular flexibility index (Phi) is 17.2. The molecule has 72 heavy (non-hydrogen) atoms. The van der Waals surface area contributed by atoms with Crippen LogP contribution >= 0.6 is 0 Å². The Morgan fingerprint density at radius 2 is 1.56 bits per heavy atom. The van der Waals surface area contributed by atoms with Crippen LogP contribution < -0.4 is 34.7 Å². The molecule has 18 atom stereocenters. The SMILES string of the molecule is CC(=O)O[C@H]1C[C@@]2(C)[C@@H](C[C@@H](O)[C@H]3[C@@]4(C)CC[C@@H](O)[C@@H](C)[C@@H]4CC[C@@]32C)/C1=C(\CCC=C(C)C)C(=O)[O-].CCCCC(=O)O[C@]1(C(=O)CO)[C@@H](C)C[C@H]2[C@@H]3CCC4=CC(=O)C=C[C@]4(C)[C@@]3(F)[C@@H](O)C[C@@]21C.[Na+]. The fraction of sp³-hybridized carbons (Fsp3) is 0.776. The molecule has 0 amide bonds. The molecule has 14 heteroatoms. The van der Waals surface area contributed by atoms with Crippen LogP contribution in [0.1, 0.15) is 172 Å². The van der Waals surface area contributed by atoms with E-state index in [2.05, 4.69) is 27.7 Å². The zero-order valence-corrected chi connectivity index (χ0v) is 47.4. The molecular weight excluding hydrogens is 931 g/mol. The number of halogens is 1. The molecule has 0 unspecified atom stereocenters. The van der Waals surface area contributed by atoms with Crippen molar-refractivity contribution in [2.75, 3.05) is 6.61 Å². The number of rotatable bonds is 11. The standard InChI is InChI=1S/C31H48O6.C27H37FO6.Na/c1-17(2)9-8-10-20(28(35)36)26-22-15-24(34)27-29(5)13-12-23(33)18(3)21(29)11-14-30(27,6)31(22,7)16-25(26)37-19(4)32;1-5-6-7-23(33)34-27(22(32)15-29)16(2)12-20-19-9-8-17-13-18(30)10-11-24(17,3)26(19,28)21(31)14-25(20,27)4;/h9,18,21-25,27,33-34H,8,10-16H2,1-7H3,(H,35,36);10-11,13,16,19-21,29,31H,5-9,12,14-15H2,1-4H3;/q;;+1/p-1/b26-20-;;/t18-,21-,22-,23+,24+,25-,27-,29-,30-,31-;16-,19-,20-,21-,24-,25-,26-,27-;/m00./s1. The second-order valence-electron chi connectivity index (χ2n) is 24.9. The van der Waals surface area contributed by atoms with Crippen LogP contribution in [0.4, 0.5) is 4.39 Å². The fourth-order valence-corrected chi connectivity index (χ4v) is 17.8. The average Bonchev–Trinajstić information content (AvgIpc) is 3.68. The molecule has 0 aromatic carbocycles. The normalized spacial score (nSPS) is 45.1. The average molecular weight is 1020 g/mol. The van der Waals surface area contributed by atoms with Gasteiger partial charge in [0, 0.05) is 36.0 Å². The first-order valence-electron chi connectivity index (χ1n) is 26.9. The van der Waals surface area contributed by atoms with Crippen molar-refractivity contribution in [3.63, 3.8) is 0 Å². The minimum Gasteiger partial charge on any atom is -0.545 e. The van der Waals surface area contributed by atoms with Crippen LogP contribution in [0.3, 0.4) is 0 Å². The van der Waals surface area contributed by atoms with Gasteiger partial charge in [0.15, 0.2) is 17.1 Å². The first-order valence-corrected chi connectivity index (χ1v) is 26.9. The van der Waals surface area contributed by atoms with Gasteiger partial charge < -0.3 is 39.8 Å². The van der Waals surface area contributed by atoms with E-state index in [4.69, 9.17) is 9.47 Å². The van der Waals surface area contributed by atoms with E-state index in [1.807, 2.05) is 40.7 Å². The molecule has 7 fully saturated rings. The van der Waals surface area contributed by atoms with Gasteiger partial charge in [-0.1, -0.05) is 78.2 Å². The number of fused-ring (bicyclic) bond motifs is 10. The second kappa shape index (κ2) is 21.1. The third-order valence-corrected chi connectivity index (χ3v) is 21.3. The van der Waals surface area contributed by atoms with Crippen LogP contribution in [0, 0.1) is 68.5 Å². The van der Waals surface area contributed by atoms with E-state index in [0.717, 1.165) is 37.7 Å². The topological polar surface area (TPSA) is 208 Å². The van der Waals surface area contributed by atoms with Crippen LogP contribution in [0.15, 0.2) is 46.6 Å². The molecule has 8 rings (SSSR count). The monoisotopic (exact) mass is 1010 g/mol. The molecule has 0 heterocycles. The number of unbranched alkanes of at least 4 members (excludes halogenated alkanes) is 1. The number of carbonyl (C=O) groups excluding carboxylic acids is 5. The van der Waals surface area contributed by atoms with Crippen molar-refractivity contribution in [1.82, 2.24) is 0 Å². The summed E-state index contributed by atoms with van der Waals surface area (Å²) >= 11 is 0. The Hall–Kier alpha value is -2.52. The first kappa shape index (κ1) is 58.7. The van der Waals surface area contributed by atoms with Crippen molar-refractivity contribution >= 4 is 29.5 Å². The number of allylic oxidation sites excluding steroid dienone is 6. The van der Waals surface area contributed by atoms with Crippen molar-refractivity contribution < 1.29 is 92.9 Å². The summed E-state index contributed by atoms with van der Waals surface area (Å²) < 4.78 is 29.1. The molecule has 0 bridgehead atoms. The Balaban J connectivity index is 0.000000233. The predicted molar refractivity (Wildman–Crippen MR) is 263 cm³/mol.